The molecule has 1 unspecified atom stereocenters. The standard InChI is InChI=1S/C13H11BrClNO3/c14-9-4-7(15)3-8-10(9)18-5-12(8)6-19-13(1-2-13)11(17)16-12/h3-4H,1-2,5-6H2,(H,16,17). The number of morpholine rings is 1. The van der Waals surface area contributed by atoms with E-state index in [0.717, 1.165) is 28.6 Å². The quantitative estimate of drug-likeness (QED) is 0.786. The van der Waals surface area contributed by atoms with Gasteiger partial charge >= 0.3 is 0 Å². The maximum atomic E-state index is 12.2. The van der Waals surface area contributed by atoms with Gasteiger partial charge in [0.2, 0.25) is 0 Å². The lowest BCUT2D eigenvalue weighted by molar-refractivity contribution is -0.151. The van der Waals surface area contributed by atoms with Crippen LogP contribution in [0.1, 0.15) is 18.4 Å². The van der Waals surface area contributed by atoms with E-state index in [1.807, 2.05) is 6.07 Å². The summed E-state index contributed by atoms with van der Waals surface area (Å²) in [6, 6.07) is 3.62. The summed E-state index contributed by atoms with van der Waals surface area (Å²) >= 11 is 9.53. The van der Waals surface area contributed by atoms with Crippen LogP contribution in [0.5, 0.6) is 5.75 Å². The second-order valence-electron chi connectivity index (χ2n) is 5.37. The zero-order valence-corrected chi connectivity index (χ0v) is 12.3. The average molecular weight is 345 g/mol. The molecule has 1 amide bonds. The zero-order chi connectivity index (χ0) is 13.3. The molecule has 0 radical (unpaired) electrons. The molecule has 4 nitrogen and oxygen atoms in total. The molecule has 0 bridgehead atoms. The second-order valence-corrected chi connectivity index (χ2v) is 6.66. The van der Waals surface area contributed by atoms with Gasteiger partial charge in [-0.1, -0.05) is 11.6 Å². The number of benzene rings is 1. The Morgan fingerprint density at radius 3 is 2.79 bits per heavy atom. The van der Waals surface area contributed by atoms with Crippen LogP contribution in [0.2, 0.25) is 5.02 Å². The summed E-state index contributed by atoms with van der Waals surface area (Å²) in [5.74, 6) is 0.700. The lowest BCUT2D eigenvalue weighted by Gasteiger charge is -2.37. The van der Waals surface area contributed by atoms with Crippen LogP contribution in [0.25, 0.3) is 0 Å². The fraction of sp³-hybridized carbons (Fsp3) is 0.462. The fourth-order valence-corrected chi connectivity index (χ4v) is 3.66. The van der Waals surface area contributed by atoms with Crippen LogP contribution in [0.3, 0.4) is 0 Å². The number of ether oxygens (including phenoxy) is 2. The van der Waals surface area contributed by atoms with E-state index in [1.165, 1.54) is 0 Å². The van der Waals surface area contributed by atoms with Crippen molar-refractivity contribution in [1.29, 1.82) is 0 Å². The Morgan fingerprint density at radius 1 is 1.32 bits per heavy atom. The van der Waals surface area contributed by atoms with Gasteiger partial charge < -0.3 is 14.8 Å². The summed E-state index contributed by atoms with van der Waals surface area (Å²) in [6.07, 6.45) is 1.61. The largest absolute Gasteiger partial charge is 0.489 e. The van der Waals surface area contributed by atoms with Gasteiger partial charge in [-0.2, -0.15) is 0 Å². The first-order valence-electron chi connectivity index (χ1n) is 6.14. The van der Waals surface area contributed by atoms with Gasteiger partial charge in [-0.25, -0.2) is 0 Å². The molecule has 3 aliphatic rings. The van der Waals surface area contributed by atoms with Gasteiger partial charge in [0.1, 0.15) is 23.5 Å². The van der Waals surface area contributed by atoms with Gasteiger partial charge in [0.15, 0.2) is 0 Å². The summed E-state index contributed by atoms with van der Waals surface area (Å²) in [7, 11) is 0. The summed E-state index contributed by atoms with van der Waals surface area (Å²) in [4.78, 5) is 12.2. The number of hydrogen-bond donors (Lipinski definition) is 1. The first-order chi connectivity index (χ1) is 9.05. The molecule has 1 aromatic rings. The first-order valence-corrected chi connectivity index (χ1v) is 7.31. The Hall–Kier alpha value is -0.780. The third-order valence-electron chi connectivity index (χ3n) is 4.05. The van der Waals surface area contributed by atoms with Gasteiger partial charge in [0.05, 0.1) is 11.1 Å². The highest BCUT2D eigenvalue weighted by atomic mass is 79.9. The number of fused-ring (bicyclic) bond motifs is 2. The van der Waals surface area contributed by atoms with E-state index in [1.54, 1.807) is 6.07 Å². The maximum absolute atomic E-state index is 12.2. The third kappa shape index (κ3) is 1.58. The molecule has 1 N–H and O–H groups in total. The lowest BCUT2D eigenvalue weighted by Crippen LogP contribution is -2.60. The van der Waals surface area contributed by atoms with Crippen molar-refractivity contribution >= 4 is 33.4 Å². The topological polar surface area (TPSA) is 47.6 Å². The molecule has 19 heavy (non-hydrogen) atoms. The Bertz CT molecular complexity index is 602. The van der Waals surface area contributed by atoms with Crippen molar-refractivity contribution in [3.05, 3.63) is 27.2 Å². The minimum atomic E-state index is -0.603. The summed E-state index contributed by atoms with van der Waals surface area (Å²) in [5, 5.41) is 3.69. The Kier molecular flexibility index (Phi) is 2.31. The van der Waals surface area contributed by atoms with E-state index >= 15 is 0 Å². The molecule has 2 fully saturated rings. The van der Waals surface area contributed by atoms with Crippen LogP contribution in [0.4, 0.5) is 0 Å². The van der Waals surface area contributed by atoms with Gasteiger partial charge in [-0.05, 0) is 40.9 Å². The lowest BCUT2D eigenvalue weighted by atomic mass is 9.91. The predicted octanol–water partition coefficient (Wildman–Crippen LogP) is 2.37. The molecule has 4 rings (SSSR count). The fourth-order valence-electron chi connectivity index (χ4n) is 2.74. The number of nitrogens with one attached hydrogen (secondary N) is 1. The van der Waals surface area contributed by atoms with E-state index in [2.05, 4.69) is 21.2 Å². The summed E-state index contributed by atoms with van der Waals surface area (Å²) in [5.41, 5.74) is -0.284. The van der Waals surface area contributed by atoms with Crippen molar-refractivity contribution in [2.75, 3.05) is 13.2 Å². The van der Waals surface area contributed by atoms with Gasteiger partial charge in [0, 0.05) is 10.6 Å². The highest BCUT2D eigenvalue weighted by Crippen LogP contribution is 2.49. The van der Waals surface area contributed by atoms with Crippen molar-refractivity contribution < 1.29 is 14.3 Å². The van der Waals surface area contributed by atoms with Crippen molar-refractivity contribution in [1.82, 2.24) is 5.32 Å². The Labute approximate surface area is 123 Å². The van der Waals surface area contributed by atoms with E-state index < -0.39 is 11.1 Å². The monoisotopic (exact) mass is 343 g/mol. The maximum Gasteiger partial charge on any atom is 0.253 e. The minimum absolute atomic E-state index is 0.0358. The number of rotatable bonds is 0. The van der Waals surface area contributed by atoms with Crippen molar-refractivity contribution in [2.24, 2.45) is 0 Å². The van der Waals surface area contributed by atoms with Gasteiger partial charge in [-0.3, -0.25) is 4.79 Å². The van der Waals surface area contributed by atoms with Crippen LogP contribution < -0.4 is 10.1 Å². The van der Waals surface area contributed by atoms with Crippen LogP contribution in [-0.2, 0) is 15.1 Å². The van der Waals surface area contributed by atoms with Crippen LogP contribution in [-0.4, -0.2) is 24.7 Å². The van der Waals surface area contributed by atoms with E-state index in [-0.39, 0.29) is 5.91 Å². The normalized spacial score (nSPS) is 30.1. The van der Waals surface area contributed by atoms with E-state index in [9.17, 15) is 4.79 Å². The molecule has 100 valence electrons. The van der Waals surface area contributed by atoms with E-state index in [4.69, 9.17) is 21.1 Å². The molecule has 1 saturated heterocycles. The number of hydrogen-bond acceptors (Lipinski definition) is 3. The average Bonchev–Trinajstić information content (AvgIpc) is 3.06. The molecular formula is C13H11BrClNO3. The van der Waals surface area contributed by atoms with Gasteiger partial charge in [-0.15, -0.1) is 0 Å². The summed E-state index contributed by atoms with van der Waals surface area (Å²) < 4.78 is 12.3. The van der Waals surface area contributed by atoms with Crippen LogP contribution >= 0.6 is 27.5 Å². The Balaban J connectivity index is 1.77. The number of carbonyl (C=O) groups excluding carboxylic acids is 1. The molecule has 0 aromatic heterocycles. The minimum Gasteiger partial charge on any atom is -0.489 e. The van der Waals surface area contributed by atoms with Crippen LogP contribution in [0.15, 0.2) is 16.6 Å². The number of amides is 1. The van der Waals surface area contributed by atoms with Crippen molar-refractivity contribution in [2.45, 2.75) is 24.0 Å². The van der Waals surface area contributed by atoms with Crippen molar-refractivity contribution in [3.8, 4) is 5.75 Å². The Morgan fingerprint density at radius 2 is 2.11 bits per heavy atom. The molecule has 1 atom stereocenters. The van der Waals surface area contributed by atoms with Crippen LogP contribution in [0, 0.1) is 0 Å². The highest BCUT2D eigenvalue weighted by Gasteiger charge is 2.59. The SMILES string of the molecule is O=C1NC2(COc3c(Br)cc(Cl)cc32)COC12CC2. The zero-order valence-electron chi connectivity index (χ0n) is 9.96. The molecule has 1 aliphatic carbocycles. The molecule has 2 spiro atoms. The van der Waals surface area contributed by atoms with E-state index in [0.29, 0.717) is 18.2 Å². The number of carbonyl (C=O) groups is 1. The second kappa shape index (κ2) is 3.65. The predicted molar refractivity (Wildman–Crippen MR) is 72.4 cm³/mol. The molecule has 1 saturated carbocycles. The molecule has 1 aromatic carbocycles. The number of halogens is 2. The first kappa shape index (κ1) is 12.0. The molecule has 2 heterocycles. The molecular weight excluding hydrogens is 334 g/mol. The highest BCUT2D eigenvalue weighted by molar-refractivity contribution is 9.10. The third-order valence-corrected chi connectivity index (χ3v) is 4.86. The van der Waals surface area contributed by atoms with Gasteiger partial charge in [0.25, 0.3) is 5.91 Å². The molecule has 6 heteroatoms. The summed E-state index contributed by atoms with van der Waals surface area (Å²) in [6.45, 7) is 0.807. The molecule has 2 aliphatic heterocycles. The smallest absolute Gasteiger partial charge is 0.253 e. The van der Waals surface area contributed by atoms with Crippen molar-refractivity contribution in [3.63, 3.8) is 0 Å².